The van der Waals surface area contributed by atoms with Crippen LogP contribution in [0, 0.1) is 11.7 Å². The Hall–Kier alpha value is -1.82. The van der Waals surface area contributed by atoms with E-state index in [9.17, 15) is 9.18 Å². The molecule has 0 bridgehead atoms. The monoisotopic (exact) mass is 312 g/mol. The molecule has 3 N–H and O–H groups in total. The van der Waals surface area contributed by atoms with Gasteiger partial charge in [0.15, 0.2) is 0 Å². The molecular weight excluding hydrogens is 287 g/mol. The molecule has 0 aromatic heterocycles. The minimum absolute atomic E-state index is 0.0349. The van der Waals surface area contributed by atoms with Gasteiger partial charge in [-0.05, 0) is 43.5 Å². The van der Waals surface area contributed by atoms with Crippen molar-refractivity contribution in [3.05, 3.63) is 30.1 Å². The zero-order valence-corrected chi connectivity index (χ0v) is 13.3. The Kier molecular flexibility index (Phi) is 7.66. The summed E-state index contributed by atoms with van der Waals surface area (Å²) < 4.78 is 18.4. The van der Waals surface area contributed by atoms with Gasteiger partial charge in [-0.15, -0.1) is 0 Å². The average Bonchev–Trinajstić information content (AvgIpc) is 2.47. The molecule has 1 rings (SSSR count). The molecule has 6 heteroatoms. The Morgan fingerprint density at radius 1 is 1.27 bits per heavy atom. The highest BCUT2D eigenvalue weighted by molar-refractivity contribution is 5.74. The van der Waals surface area contributed by atoms with Crippen molar-refractivity contribution in [3.8, 4) is 5.75 Å². The molecule has 2 atom stereocenters. The molecule has 0 spiro atoms. The Balaban J connectivity index is 2.34. The zero-order valence-electron chi connectivity index (χ0n) is 13.3. The first-order valence-corrected chi connectivity index (χ1v) is 7.49. The molecule has 124 valence electrons. The Morgan fingerprint density at radius 2 is 1.91 bits per heavy atom. The fourth-order valence-corrected chi connectivity index (χ4v) is 1.95. The molecule has 22 heavy (non-hydrogen) atoms. The second-order valence-corrected chi connectivity index (χ2v) is 5.60. The lowest BCUT2D eigenvalue weighted by atomic mass is 10.0. The van der Waals surface area contributed by atoms with Gasteiger partial charge in [0.1, 0.15) is 17.7 Å². The van der Waals surface area contributed by atoms with Crippen LogP contribution in [0.15, 0.2) is 24.3 Å². The van der Waals surface area contributed by atoms with Crippen LogP contribution in [0.4, 0.5) is 9.18 Å². The molecule has 5 nitrogen and oxygen atoms in total. The molecule has 0 saturated carbocycles. The van der Waals surface area contributed by atoms with Crippen molar-refractivity contribution in [2.45, 2.75) is 39.3 Å². The number of nitrogens with one attached hydrogen (secondary N) is 2. The second kappa shape index (κ2) is 9.25. The van der Waals surface area contributed by atoms with Gasteiger partial charge >= 0.3 is 6.03 Å². The number of ether oxygens (including phenoxy) is 1. The summed E-state index contributed by atoms with van der Waals surface area (Å²) in [7, 11) is 0. The maximum absolute atomic E-state index is 12.8. The minimum Gasteiger partial charge on any atom is -0.489 e. The van der Waals surface area contributed by atoms with Crippen molar-refractivity contribution in [1.29, 1.82) is 0 Å². The van der Waals surface area contributed by atoms with Gasteiger partial charge in [0.05, 0.1) is 6.54 Å². The summed E-state index contributed by atoms with van der Waals surface area (Å²) in [5.41, 5.74) is 0. The number of hydrogen-bond donors (Lipinski definition) is 3. The van der Waals surface area contributed by atoms with Crippen LogP contribution >= 0.6 is 0 Å². The number of rotatable bonds is 8. The molecular formula is C16H25FN2O3. The van der Waals surface area contributed by atoms with Crippen molar-refractivity contribution in [2.75, 3.05) is 13.2 Å². The van der Waals surface area contributed by atoms with Crippen LogP contribution in [-0.4, -0.2) is 36.4 Å². The highest BCUT2D eigenvalue weighted by Gasteiger charge is 2.16. The molecule has 0 aliphatic rings. The summed E-state index contributed by atoms with van der Waals surface area (Å²) >= 11 is 0. The molecule has 0 aliphatic carbocycles. The number of carbonyl (C=O) groups is 1. The van der Waals surface area contributed by atoms with E-state index in [-0.39, 0.29) is 36.5 Å². The zero-order chi connectivity index (χ0) is 16.5. The third-order valence-electron chi connectivity index (χ3n) is 3.26. The van der Waals surface area contributed by atoms with Crippen LogP contribution in [-0.2, 0) is 0 Å². The number of aliphatic hydroxyl groups excluding tert-OH is 1. The topological polar surface area (TPSA) is 70.6 Å². The number of amides is 2. The van der Waals surface area contributed by atoms with E-state index in [0.29, 0.717) is 18.7 Å². The maximum atomic E-state index is 12.8. The third kappa shape index (κ3) is 6.76. The molecule has 0 saturated heterocycles. The Morgan fingerprint density at radius 3 is 2.45 bits per heavy atom. The highest BCUT2D eigenvalue weighted by Crippen LogP contribution is 2.12. The van der Waals surface area contributed by atoms with E-state index in [1.165, 1.54) is 12.1 Å². The quantitative estimate of drug-likeness (QED) is 0.690. The molecule has 0 fully saturated rings. The van der Waals surface area contributed by atoms with Crippen molar-refractivity contribution < 1.29 is 19.0 Å². The van der Waals surface area contributed by atoms with Crippen molar-refractivity contribution in [2.24, 2.45) is 5.92 Å². The third-order valence-corrected chi connectivity index (χ3v) is 3.26. The van der Waals surface area contributed by atoms with E-state index in [2.05, 4.69) is 10.6 Å². The maximum Gasteiger partial charge on any atom is 0.315 e. The fraction of sp³-hybridized carbons (Fsp3) is 0.562. The van der Waals surface area contributed by atoms with Crippen LogP contribution in [0.5, 0.6) is 5.75 Å². The molecule has 0 heterocycles. The highest BCUT2D eigenvalue weighted by atomic mass is 19.1. The van der Waals surface area contributed by atoms with Gasteiger partial charge in [0, 0.05) is 12.6 Å². The molecule has 0 radical (unpaired) electrons. The smallest absolute Gasteiger partial charge is 0.315 e. The predicted molar refractivity (Wildman–Crippen MR) is 83.4 cm³/mol. The van der Waals surface area contributed by atoms with E-state index >= 15 is 0 Å². The number of hydrogen-bond acceptors (Lipinski definition) is 3. The number of carbonyl (C=O) groups excluding carboxylic acids is 1. The first-order chi connectivity index (χ1) is 10.4. The van der Waals surface area contributed by atoms with Crippen molar-refractivity contribution >= 4 is 6.03 Å². The van der Waals surface area contributed by atoms with Gasteiger partial charge in [-0.2, -0.15) is 0 Å². The number of aliphatic hydroxyl groups is 1. The van der Waals surface area contributed by atoms with Crippen molar-refractivity contribution in [3.63, 3.8) is 0 Å². The van der Waals surface area contributed by atoms with Crippen molar-refractivity contribution in [1.82, 2.24) is 10.6 Å². The number of urea groups is 1. The average molecular weight is 312 g/mol. The van der Waals surface area contributed by atoms with Gasteiger partial charge in [-0.25, -0.2) is 9.18 Å². The molecule has 1 aromatic rings. The van der Waals surface area contributed by atoms with Gasteiger partial charge < -0.3 is 20.5 Å². The fourth-order valence-electron chi connectivity index (χ4n) is 1.95. The van der Waals surface area contributed by atoms with Crippen LogP contribution < -0.4 is 15.4 Å². The summed E-state index contributed by atoms with van der Waals surface area (Å²) in [6.45, 7) is 6.15. The summed E-state index contributed by atoms with van der Waals surface area (Å²) in [6, 6.07) is 5.37. The van der Waals surface area contributed by atoms with Crippen LogP contribution in [0.3, 0.4) is 0 Å². The summed E-state index contributed by atoms with van der Waals surface area (Å²) in [6.07, 6.45) is 0.277. The lowest BCUT2D eigenvalue weighted by Crippen LogP contribution is -2.47. The lowest BCUT2D eigenvalue weighted by molar-refractivity contribution is 0.199. The standard InChI is InChI=1S/C16H25FN2O3/c1-11(2)15(8-9-20)19-16(21)18-10-12(3)22-14-6-4-13(17)5-7-14/h4-7,11-12,15,20H,8-10H2,1-3H3,(H2,18,19,21). The number of benzene rings is 1. The minimum atomic E-state index is -0.318. The first kappa shape index (κ1) is 18.2. The lowest BCUT2D eigenvalue weighted by Gasteiger charge is -2.22. The predicted octanol–water partition coefficient (Wildman–Crippen LogP) is 2.30. The first-order valence-electron chi connectivity index (χ1n) is 7.49. The summed E-state index contributed by atoms with van der Waals surface area (Å²) in [5.74, 6) is 0.475. The van der Waals surface area contributed by atoms with Gasteiger partial charge in [0.2, 0.25) is 0 Å². The van der Waals surface area contributed by atoms with E-state index < -0.39 is 0 Å². The summed E-state index contributed by atoms with van der Waals surface area (Å²) in [5, 5.41) is 14.5. The molecule has 2 unspecified atom stereocenters. The SMILES string of the molecule is CC(CNC(=O)NC(CCO)C(C)C)Oc1ccc(F)cc1. The Labute approximate surface area is 130 Å². The van der Waals surface area contributed by atoms with Crippen LogP contribution in [0.2, 0.25) is 0 Å². The van der Waals surface area contributed by atoms with Gasteiger partial charge in [-0.3, -0.25) is 0 Å². The van der Waals surface area contributed by atoms with Crippen LogP contribution in [0.25, 0.3) is 0 Å². The van der Waals surface area contributed by atoms with E-state index in [4.69, 9.17) is 9.84 Å². The van der Waals surface area contributed by atoms with Gasteiger partial charge in [-0.1, -0.05) is 13.8 Å². The Bertz CT molecular complexity index is 451. The van der Waals surface area contributed by atoms with Crippen LogP contribution in [0.1, 0.15) is 27.2 Å². The van der Waals surface area contributed by atoms with E-state index in [1.54, 1.807) is 12.1 Å². The molecule has 0 aliphatic heterocycles. The largest absolute Gasteiger partial charge is 0.489 e. The van der Waals surface area contributed by atoms with E-state index in [1.807, 2.05) is 20.8 Å². The molecule has 1 aromatic carbocycles. The molecule has 2 amide bonds. The van der Waals surface area contributed by atoms with Gasteiger partial charge in [0.25, 0.3) is 0 Å². The second-order valence-electron chi connectivity index (χ2n) is 5.60. The summed E-state index contributed by atoms with van der Waals surface area (Å²) in [4.78, 5) is 11.8. The van der Waals surface area contributed by atoms with E-state index in [0.717, 1.165) is 0 Å². The normalized spacial score (nSPS) is 13.5. The number of halogens is 1.